The number of amides is 1. The number of aryl methyl sites for hydroxylation is 4. The highest BCUT2D eigenvalue weighted by Crippen LogP contribution is 2.27. The fraction of sp³-hybridized carbons (Fsp3) is 0.438. The molecule has 144 valence electrons. The van der Waals surface area contributed by atoms with Crippen LogP contribution in [0.1, 0.15) is 34.9 Å². The van der Waals surface area contributed by atoms with Gasteiger partial charge in [-0.3, -0.25) is 9.48 Å². The lowest BCUT2D eigenvalue weighted by molar-refractivity contribution is -0.144. The van der Waals surface area contributed by atoms with Crippen LogP contribution >= 0.6 is 0 Å². The van der Waals surface area contributed by atoms with Gasteiger partial charge in [0.25, 0.3) is 11.6 Å². The number of carbonyl (C=O) groups excluding carboxylic acids is 1. The van der Waals surface area contributed by atoms with Gasteiger partial charge in [0.15, 0.2) is 0 Å². The van der Waals surface area contributed by atoms with Gasteiger partial charge in [0.1, 0.15) is 5.82 Å². The lowest BCUT2D eigenvalue weighted by Gasteiger charge is -2.10. The fourth-order valence-electron chi connectivity index (χ4n) is 2.86. The molecule has 0 atom stereocenters. The largest absolute Gasteiger partial charge is 0.453 e. The van der Waals surface area contributed by atoms with Crippen molar-refractivity contribution in [3.63, 3.8) is 0 Å². The van der Waals surface area contributed by atoms with Gasteiger partial charge in [-0.05, 0) is 32.8 Å². The van der Waals surface area contributed by atoms with Crippen LogP contribution in [0.25, 0.3) is 5.78 Å². The first-order valence-corrected chi connectivity index (χ1v) is 8.17. The SMILES string of the molecule is Cc1cc(NC(=O)CCc2c(C)nc3nc(C(F)(F)F)nn3c2C)n(C)n1. The number of fused-ring (bicyclic) bond motifs is 1. The van der Waals surface area contributed by atoms with Crippen LogP contribution in [0.4, 0.5) is 19.0 Å². The van der Waals surface area contributed by atoms with E-state index in [0.29, 0.717) is 29.2 Å². The molecule has 3 aromatic rings. The van der Waals surface area contributed by atoms with Gasteiger partial charge in [0.2, 0.25) is 5.91 Å². The summed E-state index contributed by atoms with van der Waals surface area (Å²) < 4.78 is 41.1. The average Bonchev–Trinajstić information content (AvgIpc) is 3.10. The lowest BCUT2D eigenvalue weighted by atomic mass is 10.1. The number of alkyl halides is 3. The molecule has 8 nitrogen and oxygen atoms in total. The van der Waals surface area contributed by atoms with Crippen LogP contribution in [0.15, 0.2) is 6.07 Å². The smallest absolute Gasteiger partial charge is 0.311 e. The van der Waals surface area contributed by atoms with E-state index >= 15 is 0 Å². The van der Waals surface area contributed by atoms with Gasteiger partial charge < -0.3 is 5.32 Å². The van der Waals surface area contributed by atoms with Crippen molar-refractivity contribution in [2.75, 3.05) is 5.32 Å². The maximum absolute atomic E-state index is 12.8. The van der Waals surface area contributed by atoms with Crippen molar-refractivity contribution in [2.24, 2.45) is 7.05 Å². The van der Waals surface area contributed by atoms with Gasteiger partial charge in [-0.1, -0.05) is 0 Å². The molecule has 0 saturated heterocycles. The Morgan fingerprint density at radius 3 is 2.48 bits per heavy atom. The van der Waals surface area contributed by atoms with Gasteiger partial charge in [-0.25, -0.2) is 9.50 Å². The second-order valence-corrected chi connectivity index (χ2v) is 6.25. The topological polar surface area (TPSA) is 90.0 Å². The van der Waals surface area contributed by atoms with E-state index in [1.165, 1.54) is 0 Å². The summed E-state index contributed by atoms with van der Waals surface area (Å²) in [5.74, 6) is -1.01. The quantitative estimate of drug-likeness (QED) is 0.749. The van der Waals surface area contributed by atoms with Crippen molar-refractivity contribution in [3.05, 3.63) is 34.5 Å². The summed E-state index contributed by atoms with van der Waals surface area (Å²) in [6.45, 7) is 5.12. The molecule has 0 aliphatic carbocycles. The van der Waals surface area contributed by atoms with E-state index in [4.69, 9.17) is 0 Å². The predicted octanol–water partition coefficient (Wildman–Crippen LogP) is 2.37. The molecular weight excluding hydrogens is 363 g/mol. The monoisotopic (exact) mass is 381 g/mol. The average molecular weight is 381 g/mol. The Bertz CT molecular complexity index is 1020. The Kier molecular flexibility index (Phi) is 4.62. The van der Waals surface area contributed by atoms with Crippen LogP contribution in [0.3, 0.4) is 0 Å². The number of rotatable bonds is 4. The van der Waals surface area contributed by atoms with Gasteiger partial charge in [-0.15, -0.1) is 5.10 Å². The zero-order valence-corrected chi connectivity index (χ0v) is 15.2. The number of carbonyl (C=O) groups is 1. The van der Waals surface area contributed by atoms with Crippen LogP contribution in [-0.2, 0) is 24.4 Å². The highest BCUT2D eigenvalue weighted by molar-refractivity contribution is 5.90. The minimum Gasteiger partial charge on any atom is -0.311 e. The molecule has 0 saturated carbocycles. The number of aromatic nitrogens is 6. The molecule has 11 heteroatoms. The summed E-state index contributed by atoms with van der Waals surface area (Å²) >= 11 is 0. The van der Waals surface area contributed by atoms with Crippen molar-refractivity contribution in [1.82, 2.24) is 29.4 Å². The molecule has 3 aromatic heterocycles. The van der Waals surface area contributed by atoms with Gasteiger partial charge in [-0.2, -0.15) is 23.3 Å². The summed E-state index contributed by atoms with van der Waals surface area (Å²) in [4.78, 5) is 19.7. The van der Waals surface area contributed by atoms with Gasteiger partial charge in [0.05, 0.1) is 5.69 Å². The van der Waals surface area contributed by atoms with E-state index in [2.05, 4.69) is 25.5 Å². The van der Waals surface area contributed by atoms with E-state index in [-0.39, 0.29) is 18.1 Å². The predicted molar refractivity (Wildman–Crippen MR) is 90.2 cm³/mol. The van der Waals surface area contributed by atoms with E-state index in [1.807, 2.05) is 6.92 Å². The Morgan fingerprint density at radius 1 is 1.19 bits per heavy atom. The maximum Gasteiger partial charge on any atom is 0.453 e. The number of hydrogen-bond acceptors (Lipinski definition) is 5. The summed E-state index contributed by atoms with van der Waals surface area (Å²) in [5, 5.41) is 10.4. The first-order valence-electron chi connectivity index (χ1n) is 8.17. The first kappa shape index (κ1) is 18.8. The van der Waals surface area contributed by atoms with Crippen LogP contribution in [0.2, 0.25) is 0 Å². The molecule has 3 heterocycles. The Morgan fingerprint density at radius 2 is 1.89 bits per heavy atom. The molecule has 1 N–H and O–H groups in total. The molecule has 3 rings (SSSR count). The number of anilines is 1. The minimum absolute atomic E-state index is 0.115. The lowest BCUT2D eigenvalue weighted by Crippen LogP contribution is -2.16. The zero-order valence-electron chi connectivity index (χ0n) is 15.2. The summed E-state index contributed by atoms with van der Waals surface area (Å²) in [6, 6.07) is 1.75. The van der Waals surface area contributed by atoms with Crippen molar-refractivity contribution >= 4 is 17.5 Å². The van der Waals surface area contributed by atoms with E-state index < -0.39 is 12.0 Å². The number of halogens is 3. The molecule has 0 spiro atoms. The second kappa shape index (κ2) is 6.63. The molecule has 0 fully saturated rings. The molecule has 0 aromatic carbocycles. The molecule has 1 amide bonds. The fourth-order valence-corrected chi connectivity index (χ4v) is 2.86. The van der Waals surface area contributed by atoms with Crippen molar-refractivity contribution in [1.29, 1.82) is 0 Å². The molecule has 0 radical (unpaired) electrons. The minimum atomic E-state index is -4.64. The maximum atomic E-state index is 12.8. The molecule has 0 aliphatic heterocycles. The summed E-state index contributed by atoms with van der Waals surface area (Å²) in [6.07, 6.45) is -4.19. The first-order chi connectivity index (χ1) is 12.6. The third kappa shape index (κ3) is 3.76. The molecule has 27 heavy (non-hydrogen) atoms. The van der Waals surface area contributed by atoms with E-state index in [9.17, 15) is 18.0 Å². The van der Waals surface area contributed by atoms with Gasteiger partial charge >= 0.3 is 6.18 Å². The van der Waals surface area contributed by atoms with Crippen molar-refractivity contribution in [3.8, 4) is 0 Å². The van der Waals surface area contributed by atoms with E-state index in [1.54, 1.807) is 31.6 Å². The number of nitrogens with one attached hydrogen (secondary N) is 1. The van der Waals surface area contributed by atoms with Crippen LogP contribution in [-0.4, -0.2) is 35.3 Å². The highest BCUT2D eigenvalue weighted by Gasteiger charge is 2.36. The summed E-state index contributed by atoms with van der Waals surface area (Å²) in [5.41, 5.74) is 2.44. The Balaban J connectivity index is 1.80. The Labute approximate surface area is 152 Å². The highest BCUT2D eigenvalue weighted by atomic mass is 19.4. The molecule has 0 aliphatic rings. The van der Waals surface area contributed by atoms with E-state index in [0.717, 1.165) is 10.2 Å². The zero-order chi connectivity index (χ0) is 19.9. The molecular formula is C16H18F3N7O. The normalized spacial score (nSPS) is 12.0. The standard InChI is InChI=1S/C16H18F3N7O/c1-8-7-12(25(4)23-8)21-13(27)6-5-11-9(2)20-15-22-14(16(17,18)19)24-26(15)10(11)3/h7H,5-6H2,1-4H3,(H,21,27). The van der Waals surface area contributed by atoms with Crippen molar-refractivity contribution < 1.29 is 18.0 Å². The van der Waals surface area contributed by atoms with Crippen molar-refractivity contribution in [2.45, 2.75) is 39.8 Å². The number of hydrogen-bond donors (Lipinski definition) is 1. The third-order valence-electron chi connectivity index (χ3n) is 4.17. The van der Waals surface area contributed by atoms with Crippen LogP contribution < -0.4 is 5.32 Å². The summed E-state index contributed by atoms with van der Waals surface area (Å²) in [7, 11) is 1.72. The number of nitrogens with zero attached hydrogens (tertiary/aromatic N) is 6. The van der Waals surface area contributed by atoms with Gasteiger partial charge in [0, 0.05) is 30.9 Å². The Hall–Kier alpha value is -2.98. The second-order valence-electron chi connectivity index (χ2n) is 6.25. The molecule has 0 unspecified atom stereocenters. The molecule has 0 bridgehead atoms. The third-order valence-corrected chi connectivity index (χ3v) is 4.17. The van der Waals surface area contributed by atoms with Crippen LogP contribution in [0, 0.1) is 20.8 Å². The van der Waals surface area contributed by atoms with Crippen LogP contribution in [0.5, 0.6) is 0 Å².